The normalized spacial score (nSPS) is 5.40. The highest BCUT2D eigenvalue weighted by molar-refractivity contribution is 6.33. The Morgan fingerprint density at radius 2 is 1.00 bits per heavy atom. The van der Waals surface area contributed by atoms with Crippen LogP contribution in [0.2, 0.25) is 0 Å². The third-order valence-corrected chi connectivity index (χ3v) is 0. The lowest BCUT2D eigenvalue weighted by atomic mass is 18.6. The molecule has 0 radical (unpaired) electrons. The van der Waals surface area contributed by atoms with Crippen LogP contribution in [0.1, 0.15) is 0 Å². The first-order valence-corrected chi connectivity index (χ1v) is 1.96. The Labute approximate surface area is 43.9 Å². The van der Waals surface area contributed by atoms with Crippen LogP contribution in [0, 0.1) is 0 Å². The lowest BCUT2D eigenvalue weighted by Crippen LogP contribution is -1.76. The van der Waals surface area contributed by atoms with E-state index in [1.807, 2.05) is 0 Å². The fourth-order valence-corrected chi connectivity index (χ4v) is 0. The van der Waals surface area contributed by atoms with E-state index in [0.29, 0.717) is 0 Å². The zero-order valence-corrected chi connectivity index (χ0v) is 2.87. The van der Waals surface area contributed by atoms with Gasteiger partial charge in [0, 0.05) is 0 Å². The standard InChI is InChI=1S/2Al.3FH.3H/h;;3*1H;;;/q;+3;;;;;;/p-3. The van der Waals surface area contributed by atoms with E-state index in [1.165, 1.54) is 0 Å². The van der Waals surface area contributed by atoms with Gasteiger partial charge in [0.2, 0.25) is 0 Å². The monoisotopic (exact) mass is 114 g/mol. The minimum atomic E-state index is -4.64. The van der Waals surface area contributed by atoms with Crippen LogP contribution < -0.4 is 0 Å². The molecular weight excluding hydrogens is 111 g/mol. The van der Waals surface area contributed by atoms with Gasteiger partial charge in [0.05, 0.1) is 0 Å². The molecule has 30 valence electrons. The van der Waals surface area contributed by atoms with E-state index in [1.54, 1.807) is 0 Å². The summed E-state index contributed by atoms with van der Waals surface area (Å²) < 4.78 is 29.4. The highest BCUT2D eigenvalue weighted by Crippen LogP contribution is 1.80. The van der Waals surface area contributed by atoms with E-state index in [9.17, 15) is 10.6 Å². The molecule has 0 bridgehead atoms. The van der Waals surface area contributed by atoms with Crippen LogP contribution in [0.25, 0.3) is 0 Å². The summed E-state index contributed by atoms with van der Waals surface area (Å²) in [5, 5.41) is 0. The van der Waals surface area contributed by atoms with Gasteiger partial charge in [0.15, 0.2) is 17.4 Å². The number of hydrogen-bond donors (Lipinski definition) is 0. The number of rotatable bonds is 0. The van der Waals surface area contributed by atoms with Crippen molar-refractivity contribution < 1.29 is 10.6 Å². The second kappa shape index (κ2) is 4.85. The maximum absolute atomic E-state index is 9.81. The zero-order valence-electron chi connectivity index (χ0n) is 1.71. The van der Waals surface area contributed by atoms with Gasteiger partial charge in [-0.25, -0.2) is 0 Å². The summed E-state index contributed by atoms with van der Waals surface area (Å²) in [6.45, 7) is 0. The fraction of sp³-hybridized carbons (Fsp3) is 0. The van der Waals surface area contributed by atoms with Crippen molar-refractivity contribution in [2.45, 2.75) is 0 Å². The molecule has 0 spiro atoms. The number of halogens is 3. The van der Waals surface area contributed by atoms with Gasteiger partial charge in [-0.15, -0.1) is 0 Å². The van der Waals surface area contributed by atoms with Gasteiger partial charge in [-0.3, -0.25) is 0 Å². The summed E-state index contributed by atoms with van der Waals surface area (Å²) in [6, 6.07) is 0. The molecule has 0 atom stereocenters. The molecule has 0 fully saturated rings. The first kappa shape index (κ1) is 9.29. The average molecular weight is 114 g/mol. The maximum Gasteiger partial charge on any atom is 1.04 e. The molecule has 5 heteroatoms. The van der Waals surface area contributed by atoms with Crippen LogP contribution in [0.15, 0.2) is 0 Å². The lowest BCUT2D eigenvalue weighted by Gasteiger charge is -1.52. The molecule has 0 aliphatic heterocycles. The highest BCUT2D eigenvalue weighted by Gasteiger charge is 2.21. The smallest absolute Gasteiger partial charge is 0.346 e. The Kier molecular flexibility index (Phi) is 9.02. The average Bonchev–Trinajstić information content (AvgIpc) is 0.811. The van der Waals surface area contributed by atoms with Gasteiger partial charge < -0.3 is 10.6 Å². The van der Waals surface area contributed by atoms with Crippen molar-refractivity contribution in [2.24, 2.45) is 0 Å². The molecule has 0 aromatic heterocycles. The summed E-state index contributed by atoms with van der Waals surface area (Å²) in [4.78, 5) is 0. The van der Waals surface area contributed by atoms with E-state index >= 15 is 0 Å². The molecule has 0 heterocycles. The summed E-state index contributed by atoms with van der Waals surface area (Å²) in [5.74, 6) is 0. The molecule has 0 nitrogen and oxygen atoms in total. The largest absolute Gasteiger partial charge is 1.04 e. The second-order valence-corrected chi connectivity index (χ2v) is 0.742. The molecule has 0 saturated heterocycles. The van der Waals surface area contributed by atoms with Crippen molar-refractivity contribution in [1.29, 1.82) is 0 Å². The van der Waals surface area contributed by atoms with Crippen molar-refractivity contribution in [3.63, 3.8) is 0 Å². The summed E-state index contributed by atoms with van der Waals surface area (Å²) >= 11 is -4.64. The molecule has 0 aliphatic rings. The van der Waals surface area contributed by atoms with Gasteiger partial charge in [0.1, 0.15) is 0 Å². The third-order valence-electron chi connectivity index (χ3n) is 0. The molecule has 0 unspecified atom stereocenters. The minimum Gasteiger partial charge on any atom is -0.346 e. The predicted octanol–water partition coefficient (Wildman–Crippen LogP) is -0.304. The quantitative estimate of drug-likeness (QED) is 0.379. The summed E-state index contributed by atoms with van der Waals surface area (Å²) in [5.41, 5.74) is 0. The van der Waals surface area contributed by atoms with E-state index in [4.69, 9.17) is 0 Å². The Morgan fingerprint density at radius 3 is 1.00 bits per heavy atom. The molecule has 5 heavy (non-hydrogen) atoms. The van der Waals surface area contributed by atoms with Gasteiger partial charge in [-0.2, -0.15) is 0 Å². The van der Waals surface area contributed by atoms with E-state index < -0.39 is 15.5 Å². The van der Waals surface area contributed by atoms with Crippen LogP contribution in [-0.2, 0) is 0 Å². The SMILES string of the molecule is [AlH3].[F][Al]([F])[F]. The Morgan fingerprint density at radius 1 is 1.00 bits per heavy atom. The van der Waals surface area contributed by atoms with Crippen LogP contribution in [-0.4, -0.2) is 32.9 Å². The van der Waals surface area contributed by atoms with Crippen LogP contribution >= 0.6 is 0 Å². The van der Waals surface area contributed by atoms with Gasteiger partial charge in [0.25, 0.3) is 0 Å². The van der Waals surface area contributed by atoms with E-state index in [-0.39, 0.29) is 17.4 Å². The minimum absolute atomic E-state index is 0. The Balaban J connectivity index is 0. The topological polar surface area (TPSA) is 0 Å². The van der Waals surface area contributed by atoms with Gasteiger partial charge >= 0.3 is 15.5 Å². The fourth-order valence-electron chi connectivity index (χ4n) is 0. The van der Waals surface area contributed by atoms with Gasteiger partial charge in [-0.1, -0.05) is 0 Å². The van der Waals surface area contributed by atoms with Gasteiger partial charge in [-0.05, 0) is 0 Å². The first-order valence-electron chi connectivity index (χ1n) is 0.655. The van der Waals surface area contributed by atoms with Crippen LogP contribution in [0.5, 0.6) is 0 Å². The van der Waals surface area contributed by atoms with Crippen LogP contribution in [0.3, 0.4) is 0 Å². The van der Waals surface area contributed by atoms with Crippen molar-refractivity contribution >= 4 is 32.9 Å². The highest BCUT2D eigenvalue weighted by atomic mass is 27.3. The molecule has 0 rings (SSSR count). The molecule has 0 aromatic rings. The summed E-state index contributed by atoms with van der Waals surface area (Å²) in [6.07, 6.45) is 0. The molecule has 0 aromatic carbocycles. The maximum atomic E-state index is 9.81. The molecule has 0 aliphatic carbocycles. The van der Waals surface area contributed by atoms with Crippen molar-refractivity contribution in [2.75, 3.05) is 0 Å². The Bertz CT molecular complexity index is 9.61. The van der Waals surface area contributed by atoms with Crippen molar-refractivity contribution in [3.8, 4) is 0 Å². The molecule has 0 amide bonds. The van der Waals surface area contributed by atoms with E-state index in [0.717, 1.165) is 0 Å². The number of hydrogen-bond acceptors (Lipinski definition) is 0. The van der Waals surface area contributed by atoms with Crippen molar-refractivity contribution in [1.82, 2.24) is 0 Å². The summed E-state index contributed by atoms with van der Waals surface area (Å²) in [7, 11) is 0. The van der Waals surface area contributed by atoms with Crippen molar-refractivity contribution in [3.05, 3.63) is 0 Å². The molecule has 0 saturated carbocycles. The predicted molar refractivity (Wildman–Crippen MR) is 19.0 cm³/mol. The molecule has 0 N–H and O–H groups in total. The third kappa shape index (κ3) is 54.1. The van der Waals surface area contributed by atoms with E-state index in [2.05, 4.69) is 0 Å². The second-order valence-electron chi connectivity index (χ2n) is 0.247. The Hall–Kier alpha value is 0.855. The first-order chi connectivity index (χ1) is 1.73. The zero-order chi connectivity index (χ0) is 3.58. The lowest BCUT2D eigenvalue weighted by molar-refractivity contribution is 0.535. The molecular formula is H3Al2F3. The van der Waals surface area contributed by atoms with Crippen LogP contribution in [0.4, 0.5) is 10.6 Å².